The third-order valence-electron chi connectivity index (χ3n) is 3.75. The number of piperidine rings is 1. The SMILES string of the molecule is CNCN1CC2(CCN(S(C)(=O)=O)CC2)C1. The van der Waals surface area contributed by atoms with Gasteiger partial charge in [-0.2, -0.15) is 0 Å². The molecule has 0 aromatic carbocycles. The summed E-state index contributed by atoms with van der Waals surface area (Å²) in [7, 11) is -1.02. The third kappa shape index (κ3) is 2.40. The average molecular weight is 247 g/mol. The van der Waals surface area contributed by atoms with Gasteiger partial charge in [0.25, 0.3) is 0 Å². The molecule has 1 N–H and O–H groups in total. The van der Waals surface area contributed by atoms with Gasteiger partial charge < -0.3 is 5.32 Å². The Morgan fingerprint density at radius 3 is 2.25 bits per heavy atom. The molecular formula is C10H21N3O2S. The predicted molar refractivity (Wildman–Crippen MR) is 63.6 cm³/mol. The first-order chi connectivity index (χ1) is 7.45. The van der Waals surface area contributed by atoms with Crippen LogP contribution in [0.3, 0.4) is 0 Å². The molecule has 0 unspecified atom stereocenters. The van der Waals surface area contributed by atoms with Crippen LogP contribution in [-0.2, 0) is 10.0 Å². The molecule has 0 aromatic heterocycles. The number of nitrogens with zero attached hydrogens (tertiary/aromatic N) is 2. The maximum absolute atomic E-state index is 11.4. The quantitative estimate of drug-likeness (QED) is 0.732. The van der Waals surface area contributed by atoms with Gasteiger partial charge in [0.2, 0.25) is 10.0 Å². The smallest absolute Gasteiger partial charge is 0.211 e. The Hall–Kier alpha value is -0.170. The summed E-state index contributed by atoms with van der Waals surface area (Å²) < 4.78 is 24.4. The van der Waals surface area contributed by atoms with E-state index in [0.717, 1.165) is 32.6 Å². The molecule has 2 aliphatic rings. The highest BCUT2D eigenvalue weighted by atomic mass is 32.2. The van der Waals surface area contributed by atoms with Crippen LogP contribution in [0.2, 0.25) is 0 Å². The number of likely N-dealkylation sites (tertiary alicyclic amines) is 1. The van der Waals surface area contributed by atoms with Crippen LogP contribution in [0.5, 0.6) is 0 Å². The Morgan fingerprint density at radius 1 is 1.25 bits per heavy atom. The van der Waals surface area contributed by atoms with Gasteiger partial charge in [-0.3, -0.25) is 4.90 Å². The summed E-state index contributed by atoms with van der Waals surface area (Å²) in [5.74, 6) is 0. The van der Waals surface area contributed by atoms with Crippen molar-refractivity contribution in [2.45, 2.75) is 12.8 Å². The predicted octanol–water partition coefficient (Wildman–Crippen LogP) is -0.479. The Kier molecular flexibility index (Phi) is 3.27. The van der Waals surface area contributed by atoms with Gasteiger partial charge in [-0.1, -0.05) is 0 Å². The maximum Gasteiger partial charge on any atom is 0.211 e. The van der Waals surface area contributed by atoms with Gasteiger partial charge in [0.05, 0.1) is 6.26 Å². The minimum atomic E-state index is -2.98. The monoisotopic (exact) mass is 247 g/mol. The van der Waals surface area contributed by atoms with E-state index in [-0.39, 0.29) is 0 Å². The summed E-state index contributed by atoms with van der Waals surface area (Å²) in [4.78, 5) is 2.37. The van der Waals surface area contributed by atoms with E-state index in [1.165, 1.54) is 6.26 Å². The molecule has 0 aliphatic carbocycles. The molecule has 2 aliphatic heterocycles. The summed E-state index contributed by atoms with van der Waals surface area (Å²) in [5.41, 5.74) is 0.401. The molecular weight excluding hydrogens is 226 g/mol. The lowest BCUT2D eigenvalue weighted by Crippen LogP contribution is -2.61. The Balaban J connectivity index is 1.83. The van der Waals surface area contributed by atoms with Crippen LogP contribution in [0.25, 0.3) is 0 Å². The highest BCUT2D eigenvalue weighted by Crippen LogP contribution is 2.40. The molecule has 0 saturated carbocycles. The molecule has 0 atom stereocenters. The molecule has 2 fully saturated rings. The van der Waals surface area contributed by atoms with Crippen molar-refractivity contribution < 1.29 is 8.42 Å². The van der Waals surface area contributed by atoms with Gasteiger partial charge in [0, 0.05) is 32.8 Å². The number of sulfonamides is 1. The van der Waals surface area contributed by atoms with Gasteiger partial charge in [-0.05, 0) is 25.3 Å². The molecule has 16 heavy (non-hydrogen) atoms. The fourth-order valence-corrected chi connectivity index (χ4v) is 3.69. The van der Waals surface area contributed by atoms with Crippen molar-refractivity contribution in [1.82, 2.24) is 14.5 Å². The molecule has 2 heterocycles. The fourth-order valence-electron chi connectivity index (χ4n) is 2.85. The molecule has 0 bridgehead atoms. The van der Waals surface area contributed by atoms with E-state index in [2.05, 4.69) is 10.2 Å². The number of rotatable bonds is 3. The largest absolute Gasteiger partial charge is 0.307 e. The summed E-state index contributed by atoms with van der Waals surface area (Å²) in [6.07, 6.45) is 3.33. The van der Waals surface area contributed by atoms with Gasteiger partial charge >= 0.3 is 0 Å². The van der Waals surface area contributed by atoms with Crippen molar-refractivity contribution in [3.8, 4) is 0 Å². The topological polar surface area (TPSA) is 52.6 Å². The third-order valence-corrected chi connectivity index (χ3v) is 5.06. The van der Waals surface area contributed by atoms with Crippen LogP contribution in [-0.4, -0.2) is 63.8 Å². The maximum atomic E-state index is 11.4. The van der Waals surface area contributed by atoms with Crippen molar-refractivity contribution in [3.63, 3.8) is 0 Å². The number of hydrogen-bond acceptors (Lipinski definition) is 4. The molecule has 5 nitrogen and oxygen atoms in total. The molecule has 2 saturated heterocycles. The van der Waals surface area contributed by atoms with Crippen LogP contribution in [0.15, 0.2) is 0 Å². The van der Waals surface area contributed by atoms with E-state index in [1.54, 1.807) is 4.31 Å². The molecule has 6 heteroatoms. The zero-order valence-corrected chi connectivity index (χ0v) is 10.9. The summed E-state index contributed by atoms with van der Waals surface area (Å²) >= 11 is 0. The van der Waals surface area contributed by atoms with E-state index >= 15 is 0 Å². The number of hydrogen-bond donors (Lipinski definition) is 1. The van der Waals surface area contributed by atoms with Crippen molar-refractivity contribution in [3.05, 3.63) is 0 Å². The molecule has 0 amide bonds. The Labute approximate surface area is 97.8 Å². The zero-order valence-electron chi connectivity index (χ0n) is 10.1. The normalized spacial score (nSPS) is 26.9. The fraction of sp³-hybridized carbons (Fsp3) is 1.00. The number of nitrogens with one attached hydrogen (secondary N) is 1. The van der Waals surface area contributed by atoms with E-state index in [9.17, 15) is 8.42 Å². The van der Waals surface area contributed by atoms with E-state index in [4.69, 9.17) is 0 Å². The first-order valence-corrected chi connectivity index (χ1v) is 7.62. The van der Waals surface area contributed by atoms with Crippen molar-refractivity contribution in [2.75, 3.05) is 46.2 Å². The van der Waals surface area contributed by atoms with Gasteiger partial charge in [0.1, 0.15) is 0 Å². The first kappa shape index (κ1) is 12.3. The molecule has 0 aromatic rings. The Morgan fingerprint density at radius 2 is 1.81 bits per heavy atom. The van der Waals surface area contributed by atoms with Crippen LogP contribution >= 0.6 is 0 Å². The first-order valence-electron chi connectivity index (χ1n) is 5.77. The molecule has 94 valence electrons. The second kappa shape index (κ2) is 4.25. The molecule has 1 spiro atoms. The van der Waals surface area contributed by atoms with Crippen LogP contribution < -0.4 is 5.32 Å². The Bertz CT molecular complexity index is 339. The standard InChI is InChI=1S/C10H21N3O2S/c1-11-9-12-7-10(8-12)3-5-13(6-4-10)16(2,14)15/h11H,3-9H2,1-2H3. The van der Waals surface area contributed by atoms with Crippen molar-refractivity contribution in [1.29, 1.82) is 0 Å². The van der Waals surface area contributed by atoms with Gasteiger partial charge in [0.15, 0.2) is 0 Å². The lowest BCUT2D eigenvalue weighted by molar-refractivity contribution is -0.0371. The highest BCUT2D eigenvalue weighted by molar-refractivity contribution is 7.88. The molecule has 2 rings (SSSR count). The highest BCUT2D eigenvalue weighted by Gasteiger charge is 2.45. The van der Waals surface area contributed by atoms with Crippen molar-refractivity contribution >= 4 is 10.0 Å². The molecule has 0 radical (unpaired) electrons. The second-order valence-corrected chi connectivity index (χ2v) is 7.14. The van der Waals surface area contributed by atoms with Crippen molar-refractivity contribution in [2.24, 2.45) is 5.41 Å². The lowest BCUT2D eigenvalue weighted by Gasteiger charge is -2.53. The van der Waals surface area contributed by atoms with E-state index in [1.807, 2.05) is 7.05 Å². The summed E-state index contributed by atoms with van der Waals surface area (Å²) in [5, 5.41) is 3.14. The summed E-state index contributed by atoms with van der Waals surface area (Å²) in [6.45, 7) is 4.58. The minimum Gasteiger partial charge on any atom is -0.307 e. The minimum absolute atomic E-state index is 0.401. The lowest BCUT2D eigenvalue weighted by atomic mass is 9.72. The summed E-state index contributed by atoms with van der Waals surface area (Å²) in [6, 6.07) is 0. The zero-order chi connectivity index (χ0) is 11.8. The van der Waals surface area contributed by atoms with Gasteiger partial charge in [-0.15, -0.1) is 0 Å². The van der Waals surface area contributed by atoms with Crippen LogP contribution in [0, 0.1) is 5.41 Å². The average Bonchev–Trinajstić information content (AvgIpc) is 2.15. The van der Waals surface area contributed by atoms with E-state index < -0.39 is 10.0 Å². The van der Waals surface area contributed by atoms with Crippen LogP contribution in [0.4, 0.5) is 0 Å². The van der Waals surface area contributed by atoms with E-state index in [0.29, 0.717) is 18.5 Å². The second-order valence-electron chi connectivity index (χ2n) is 5.16. The van der Waals surface area contributed by atoms with Crippen LogP contribution in [0.1, 0.15) is 12.8 Å². The van der Waals surface area contributed by atoms with Gasteiger partial charge in [-0.25, -0.2) is 12.7 Å².